The number of aromatic amines is 1. The maximum atomic E-state index is 12.0. The molecule has 10 heteroatoms. The third-order valence-corrected chi connectivity index (χ3v) is 8.03. The molecule has 0 unspecified atom stereocenters. The molecule has 1 fully saturated rings. The normalized spacial score (nSPS) is 21.4. The van der Waals surface area contributed by atoms with Crippen LogP contribution in [-0.2, 0) is 19.9 Å². The van der Waals surface area contributed by atoms with E-state index in [9.17, 15) is 16.8 Å². The number of fused-ring (bicyclic) bond motifs is 1. The van der Waals surface area contributed by atoms with Gasteiger partial charge in [-0.3, -0.25) is 0 Å². The summed E-state index contributed by atoms with van der Waals surface area (Å²) in [6, 6.07) is 5.10. The van der Waals surface area contributed by atoms with E-state index in [0.29, 0.717) is 29.9 Å². The van der Waals surface area contributed by atoms with Gasteiger partial charge in [-0.05, 0) is 50.8 Å². The molecule has 0 atom stereocenters. The van der Waals surface area contributed by atoms with E-state index >= 15 is 0 Å². The van der Waals surface area contributed by atoms with Crippen molar-refractivity contribution in [3.8, 4) is 6.01 Å². The van der Waals surface area contributed by atoms with E-state index in [1.54, 1.807) is 32.0 Å². The molecule has 2 N–H and O–H groups in total. The van der Waals surface area contributed by atoms with Gasteiger partial charge in [0.1, 0.15) is 6.10 Å². The molecule has 3 rings (SSSR count). The van der Waals surface area contributed by atoms with Crippen molar-refractivity contribution in [3.05, 3.63) is 18.2 Å². The number of ether oxygens (including phenoxy) is 1. The molecule has 8 nitrogen and oxygen atoms in total. The largest absolute Gasteiger partial charge is 0.461 e. The minimum Gasteiger partial charge on any atom is -0.461 e. The SMILES string of the molecule is CCS(=O)(=O)NC1CCC(Oc2nc3ccc(S(=O)(=O)CC)cc3[nH]2)CC1. The van der Waals surface area contributed by atoms with Gasteiger partial charge < -0.3 is 9.72 Å². The van der Waals surface area contributed by atoms with Gasteiger partial charge in [-0.15, -0.1) is 0 Å². The summed E-state index contributed by atoms with van der Waals surface area (Å²) in [5, 5.41) is 0. The number of nitrogens with zero attached hydrogens (tertiary/aromatic N) is 1. The lowest BCUT2D eigenvalue weighted by atomic mass is 9.94. The molecule has 0 saturated heterocycles. The smallest absolute Gasteiger partial charge is 0.294 e. The first-order valence-electron chi connectivity index (χ1n) is 9.11. The molecule has 0 bridgehead atoms. The number of nitrogens with one attached hydrogen (secondary N) is 2. The average Bonchev–Trinajstić information content (AvgIpc) is 3.04. The second-order valence-corrected chi connectivity index (χ2v) is 11.1. The van der Waals surface area contributed by atoms with Crippen molar-refractivity contribution >= 4 is 30.9 Å². The topological polar surface area (TPSA) is 118 Å². The van der Waals surface area contributed by atoms with Gasteiger partial charge in [0.05, 0.1) is 27.4 Å². The van der Waals surface area contributed by atoms with Crippen LogP contribution in [0.15, 0.2) is 23.1 Å². The Labute approximate surface area is 159 Å². The average molecular weight is 416 g/mol. The summed E-state index contributed by atoms with van der Waals surface area (Å²) in [7, 11) is -6.47. The molecule has 150 valence electrons. The quantitative estimate of drug-likeness (QED) is 0.714. The van der Waals surface area contributed by atoms with E-state index in [4.69, 9.17) is 4.74 Å². The Hall–Kier alpha value is -1.65. The van der Waals surface area contributed by atoms with Gasteiger partial charge in [-0.25, -0.2) is 21.6 Å². The Kier molecular flexibility index (Phi) is 5.78. The lowest BCUT2D eigenvalue weighted by molar-refractivity contribution is 0.134. The first-order chi connectivity index (χ1) is 12.7. The van der Waals surface area contributed by atoms with Crippen molar-refractivity contribution in [1.82, 2.24) is 14.7 Å². The highest BCUT2D eigenvalue weighted by Crippen LogP contribution is 2.25. The predicted molar refractivity (Wildman–Crippen MR) is 103 cm³/mol. The van der Waals surface area contributed by atoms with E-state index in [0.717, 1.165) is 12.8 Å². The molecule has 27 heavy (non-hydrogen) atoms. The maximum absolute atomic E-state index is 12.0. The first-order valence-corrected chi connectivity index (χ1v) is 12.4. The van der Waals surface area contributed by atoms with Gasteiger partial charge in [0.25, 0.3) is 6.01 Å². The van der Waals surface area contributed by atoms with Crippen LogP contribution in [0.4, 0.5) is 0 Å². The first kappa shape index (κ1) is 20.1. The number of aromatic nitrogens is 2. The number of H-pyrrole nitrogens is 1. The van der Waals surface area contributed by atoms with Crippen molar-refractivity contribution in [2.75, 3.05) is 11.5 Å². The lowest BCUT2D eigenvalue weighted by Crippen LogP contribution is -2.40. The zero-order valence-corrected chi connectivity index (χ0v) is 17.1. The summed E-state index contributed by atoms with van der Waals surface area (Å²) in [6.07, 6.45) is 2.82. The second-order valence-electron chi connectivity index (χ2n) is 6.74. The van der Waals surface area contributed by atoms with E-state index in [1.807, 2.05) is 0 Å². The van der Waals surface area contributed by atoms with Crippen molar-refractivity contribution in [3.63, 3.8) is 0 Å². The molecule has 1 aromatic heterocycles. The van der Waals surface area contributed by atoms with Crippen LogP contribution in [0.2, 0.25) is 0 Å². The monoisotopic (exact) mass is 415 g/mol. The van der Waals surface area contributed by atoms with Crippen molar-refractivity contribution < 1.29 is 21.6 Å². The highest BCUT2D eigenvalue weighted by Gasteiger charge is 2.26. The molecule has 1 aliphatic rings. The molecular weight excluding hydrogens is 390 g/mol. The summed E-state index contributed by atoms with van der Waals surface area (Å²) < 4.78 is 55.9. The third kappa shape index (κ3) is 4.80. The number of sulfonamides is 1. The fraction of sp³-hybridized carbons (Fsp3) is 0.588. The molecule has 1 saturated carbocycles. The number of hydrogen-bond acceptors (Lipinski definition) is 6. The van der Waals surface area contributed by atoms with Crippen molar-refractivity contribution in [2.45, 2.75) is 56.6 Å². The van der Waals surface area contributed by atoms with Crippen LogP contribution in [0, 0.1) is 0 Å². The van der Waals surface area contributed by atoms with Gasteiger partial charge in [-0.1, -0.05) is 6.92 Å². The second kappa shape index (κ2) is 7.76. The van der Waals surface area contributed by atoms with Crippen LogP contribution in [0.5, 0.6) is 6.01 Å². The highest BCUT2D eigenvalue weighted by atomic mass is 32.2. The molecule has 1 aromatic carbocycles. The highest BCUT2D eigenvalue weighted by molar-refractivity contribution is 7.91. The van der Waals surface area contributed by atoms with Gasteiger partial charge >= 0.3 is 0 Å². The van der Waals surface area contributed by atoms with Crippen molar-refractivity contribution in [1.29, 1.82) is 0 Å². The Morgan fingerprint density at radius 2 is 1.81 bits per heavy atom. The number of imidazole rings is 1. The summed E-state index contributed by atoms with van der Waals surface area (Å²) in [5.74, 6) is 0.124. The Morgan fingerprint density at radius 1 is 1.11 bits per heavy atom. The number of benzene rings is 1. The molecule has 1 aliphatic carbocycles. The van der Waals surface area contributed by atoms with Gasteiger partial charge in [-0.2, -0.15) is 4.98 Å². The van der Waals surface area contributed by atoms with E-state index in [2.05, 4.69) is 14.7 Å². The molecule has 2 aromatic rings. The molecule has 0 aliphatic heterocycles. The van der Waals surface area contributed by atoms with Crippen LogP contribution in [0.1, 0.15) is 39.5 Å². The summed E-state index contributed by atoms with van der Waals surface area (Å²) in [6.45, 7) is 3.23. The van der Waals surface area contributed by atoms with Gasteiger partial charge in [0, 0.05) is 6.04 Å². The Bertz CT molecular complexity index is 1010. The number of rotatable bonds is 7. The Morgan fingerprint density at radius 3 is 2.44 bits per heavy atom. The minimum atomic E-state index is -3.28. The van der Waals surface area contributed by atoms with Crippen LogP contribution in [-0.4, -0.2) is 50.5 Å². The minimum absolute atomic E-state index is 0.0427. The number of sulfone groups is 1. The predicted octanol–water partition coefficient (Wildman–Crippen LogP) is 1.99. The van der Waals surface area contributed by atoms with E-state index in [1.165, 1.54) is 0 Å². The summed E-state index contributed by atoms with van der Waals surface area (Å²) in [5.41, 5.74) is 1.26. The molecule has 1 heterocycles. The molecule has 0 spiro atoms. The fourth-order valence-electron chi connectivity index (χ4n) is 3.17. The van der Waals surface area contributed by atoms with Crippen molar-refractivity contribution in [2.24, 2.45) is 0 Å². The molecule has 0 amide bonds. The zero-order chi connectivity index (χ0) is 19.7. The fourth-order valence-corrected chi connectivity index (χ4v) is 4.99. The standard InChI is InChI=1S/C17H25N3O5S2/c1-3-26(21,22)14-9-10-15-16(11-14)19-17(18-15)25-13-7-5-12(6-8-13)20-27(23,24)4-2/h9-13,20H,3-8H2,1-2H3,(H,18,19). The van der Waals surface area contributed by atoms with E-state index in [-0.39, 0.29) is 28.5 Å². The molecule has 0 radical (unpaired) electrons. The zero-order valence-electron chi connectivity index (χ0n) is 15.4. The Balaban J connectivity index is 1.64. The van der Waals surface area contributed by atoms with Crippen LogP contribution < -0.4 is 9.46 Å². The van der Waals surface area contributed by atoms with Gasteiger partial charge in [0.2, 0.25) is 10.0 Å². The number of hydrogen-bond donors (Lipinski definition) is 2. The third-order valence-electron chi connectivity index (χ3n) is 4.85. The van der Waals surface area contributed by atoms with Crippen LogP contribution in [0.3, 0.4) is 0 Å². The summed E-state index contributed by atoms with van der Waals surface area (Å²) >= 11 is 0. The van der Waals surface area contributed by atoms with Crippen LogP contribution in [0.25, 0.3) is 11.0 Å². The summed E-state index contributed by atoms with van der Waals surface area (Å²) in [4.78, 5) is 7.65. The molecular formula is C17H25N3O5S2. The van der Waals surface area contributed by atoms with Crippen LogP contribution >= 0.6 is 0 Å². The lowest BCUT2D eigenvalue weighted by Gasteiger charge is -2.28. The van der Waals surface area contributed by atoms with Gasteiger partial charge in [0.15, 0.2) is 9.84 Å². The van der Waals surface area contributed by atoms with E-state index < -0.39 is 19.9 Å². The maximum Gasteiger partial charge on any atom is 0.294 e.